The van der Waals surface area contributed by atoms with E-state index in [9.17, 15) is 4.79 Å². The minimum Gasteiger partial charge on any atom is -0.401 e. The number of aromatic nitrogens is 2. The number of hydrogen-bond acceptors (Lipinski definition) is 3. The van der Waals surface area contributed by atoms with Crippen molar-refractivity contribution in [1.29, 1.82) is 0 Å². The first kappa shape index (κ1) is 8.31. The van der Waals surface area contributed by atoms with Crippen LogP contribution < -0.4 is 5.63 Å². The maximum absolute atomic E-state index is 11.1. The highest BCUT2D eigenvalue weighted by Crippen LogP contribution is 2.22. The van der Waals surface area contributed by atoms with E-state index >= 15 is 0 Å². The molecule has 13 heavy (non-hydrogen) atoms. The van der Waals surface area contributed by atoms with Crippen molar-refractivity contribution in [2.24, 2.45) is 0 Å². The molecule has 0 amide bonds. The third kappa shape index (κ3) is 1.06. The Morgan fingerprint density at radius 2 is 2.15 bits per heavy atom. The molecule has 0 aliphatic rings. The van der Waals surface area contributed by atoms with Gasteiger partial charge in [0.15, 0.2) is 0 Å². The smallest absolute Gasteiger partial charge is 0.356 e. The van der Waals surface area contributed by atoms with Crippen molar-refractivity contribution in [3.05, 3.63) is 26.7 Å². The van der Waals surface area contributed by atoms with Crippen molar-refractivity contribution in [2.75, 3.05) is 0 Å². The zero-order chi connectivity index (χ0) is 9.59. The zero-order valence-electron chi connectivity index (χ0n) is 7.14. The second-order valence-electron chi connectivity index (χ2n) is 2.86. The number of fused-ring (bicyclic) bond motifs is 1. The molecule has 0 bridgehead atoms. The van der Waals surface area contributed by atoms with Crippen molar-refractivity contribution in [1.82, 2.24) is 10.2 Å². The first-order valence-electron chi connectivity index (χ1n) is 3.75. The summed E-state index contributed by atoms with van der Waals surface area (Å²) in [6.07, 6.45) is 0. The van der Waals surface area contributed by atoms with Gasteiger partial charge in [0.25, 0.3) is 0 Å². The fourth-order valence-corrected chi connectivity index (χ4v) is 1.45. The van der Waals surface area contributed by atoms with Crippen LogP contribution >= 0.6 is 11.6 Å². The number of H-pyrrole nitrogens is 1. The predicted molar refractivity (Wildman–Crippen MR) is 49.1 cm³/mol. The highest BCUT2D eigenvalue weighted by atomic mass is 35.5. The van der Waals surface area contributed by atoms with Gasteiger partial charge in [-0.05, 0) is 19.4 Å². The molecule has 0 unspecified atom stereocenters. The normalized spacial score (nSPS) is 11.0. The van der Waals surface area contributed by atoms with Crippen LogP contribution in [0.1, 0.15) is 11.3 Å². The van der Waals surface area contributed by atoms with E-state index in [-0.39, 0.29) is 5.02 Å². The summed E-state index contributed by atoms with van der Waals surface area (Å²) >= 11 is 5.74. The molecule has 0 radical (unpaired) electrons. The van der Waals surface area contributed by atoms with Gasteiger partial charge >= 0.3 is 5.63 Å². The number of hydrogen-bond donors (Lipinski definition) is 1. The average Bonchev–Trinajstić information content (AvgIpc) is 2.43. The molecule has 0 saturated carbocycles. The Labute approximate surface area is 78.5 Å². The number of nitrogens with zero attached hydrogens (tertiary/aromatic N) is 1. The van der Waals surface area contributed by atoms with Crippen LogP contribution in [-0.2, 0) is 0 Å². The number of rotatable bonds is 0. The maximum atomic E-state index is 11.1. The first-order valence-corrected chi connectivity index (χ1v) is 4.13. The van der Waals surface area contributed by atoms with Crippen LogP contribution in [-0.4, -0.2) is 10.2 Å². The number of nitrogens with one attached hydrogen (secondary N) is 1. The van der Waals surface area contributed by atoms with Crippen LogP contribution in [0.2, 0.25) is 5.02 Å². The van der Waals surface area contributed by atoms with Crippen LogP contribution in [0.25, 0.3) is 11.1 Å². The van der Waals surface area contributed by atoms with E-state index in [0.29, 0.717) is 11.3 Å². The predicted octanol–water partition coefficient (Wildman–Crippen LogP) is 1.79. The molecule has 0 aromatic carbocycles. The molecule has 2 rings (SSSR count). The van der Waals surface area contributed by atoms with Crippen LogP contribution in [0.15, 0.2) is 9.21 Å². The van der Waals surface area contributed by atoms with E-state index in [1.165, 1.54) is 0 Å². The standard InChI is InChI=1S/C8H7ClN2O2/c1-3-5-4(2)10-11-7(5)13-8(12)6(3)9/h1-2H3,(H,10,11). The SMILES string of the molecule is Cc1[nH]nc2oc(=O)c(Cl)c(C)c12. The highest BCUT2D eigenvalue weighted by Gasteiger charge is 2.12. The summed E-state index contributed by atoms with van der Waals surface area (Å²) in [7, 11) is 0. The zero-order valence-corrected chi connectivity index (χ0v) is 7.90. The molecule has 0 aliphatic carbocycles. The van der Waals surface area contributed by atoms with E-state index in [0.717, 1.165) is 11.1 Å². The quantitative estimate of drug-likeness (QED) is 0.702. The largest absolute Gasteiger partial charge is 0.401 e. The van der Waals surface area contributed by atoms with Gasteiger partial charge in [-0.3, -0.25) is 5.10 Å². The van der Waals surface area contributed by atoms with E-state index in [2.05, 4.69) is 10.2 Å². The van der Waals surface area contributed by atoms with Gasteiger partial charge in [-0.15, -0.1) is 5.10 Å². The molecule has 0 atom stereocenters. The number of aryl methyl sites for hydroxylation is 2. The molecule has 68 valence electrons. The molecule has 5 heteroatoms. The molecule has 1 N–H and O–H groups in total. The lowest BCUT2D eigenvalue weighted by Crippen LogP contribution is -2.01. The van der Waals surface area contributed by atoms with Gasteiger partial charge in [0, 0.05) is 5.69 Å². The van der Waals surface area contributed by atoms with Crippen molar-refractivity contribution in [3.8, 4) is 0 Å². The third-order valence-electron chi connectivity index (χ3n) is 1.99. The fourth-order valence-electron chi connectivity index (χ4n) is 1.32. The molecule has 2 aromatic rings. The maximum Gasteiger partial charge on any atom is 0.356 e. The van der Waals surface area contributed by atoms with Crippen molar-refractivity contribution in [2.45, 2.75) is 13.8 Å². The second kappa shape index (κ2) is 2.60. The van der Waals surface area contributed by atoms with Gasteiger partial charge in [0.1, 0.15) is 5.02 Å². The van der Waals surface area contributed by atoms with Gasteiger partial charge < -0.3 is 4.42 Å². The molecule has 2 heterocycles. The van der Waals surface area contributed by atoms with Crippen molar-refractivity contribution in [3.63, 3.8) is 0 Å². The minimum atomic E-state index is -0.543. The molecule has 0 spiro atoms. The summed E-state index contributed by atoms with van der Waals surface area (Å²) in [6, 6.07) is 0. The Balaban J connectivity index is 3.06. The fraction of sp³-hybridized carbons (Fsp3) is 0.250. The van der Waals surface area contributed by atoms with Crippen LogP contribution in [0.5, 0.6) is 0 Å². The molecule has 0 fully saturated rings. The van der Waals surface area contributed by atoms with Gasteiger partial charge in [0.2, 0.25) is 5.71 Å². The lowest BCUT2D eigenvalue weighted by molar-refractivity contribution is 0.547. The lowest BCUT2D eigenvalue weighted by Gasteiger charge is -1.96. The summed E-state index contributed by atoms with van der Waals surface area (Å²) in [5.41, 5.74) is 1.32. The number of halogens is 1. The van der Waals surface area contributed by atoms with E-state index in [1.807, 2.05) is 6.92 Å². The minimum absolute atomic E-state index is 0.122. The molecule has 0 saturated heterocycles. The van der Waals surface area contributed by atoms with Gasteiger partial charge in [0.05, 0.1) is 5.39 Å². The Kier molecular flexibility index (Phi) is 1.66. The lowest BCUT2D eigenvalue weighted by atomic mass is 10.2. The summed E-state index contributed by atoms with van der Waals surface area (Å²) in [6.45, 7) is 3.61. The van der Waals surface area contributed by atoms with Gasteiger partial charge in [-0.25, -0.2) is 4.79 Å². The summed E-state index contributed by atoms with van der Waals surface area (Å²) in [5.74, 6) is 0. The second-order valence-corrected chi connectivity index (χ2v) is 3.24. The highest BCUT2D eigenvalue weighted by molar-refractivity contribution is 6.31. The third-order valence-corrected chi connectivity index (χ3v) is 2.42. The first-order chi connectivity index (χ1) is 6.11. The van der Waals surface area contributed by atoms with Crippen LogP contribution in [0, 0.1) is 13.8 Å². The van der Waals surface area contributed by atoms with Crippen LogP contribution in [0.3, 0.4) is 0 Å². The van der Waals surface area contributed by atoms with Crippen LogP contribution in [0.4, 0.5) is 0 Å². The topological polar surface area (TPSA) is 58.9 Å². The Bertz CT molecular complexity index is 527. The summed E-state index contributed by atoms with van der Waals surface area (Å²) in [5, 5.41) is 7.47. The molecular weight excluding hydrogens is 192 g/mol. The van der Waals surface area contributed by atoms with Crippen molar-refractivity contribution >= 4 is 22.7 Å². The average molecular weight is 199 g/mol. The summed E-state index contributed by atoms with van der Waals surface area (Å²) in [4.78, 5) is 11.1. The summed E-state index contributed by atoms with van der Waals surface area (Å²) < 4.78 is 4.86. The molecule has 0 aliphatic heterocycles. The van der Waals surface area contributed by atoms with E-state index in [1.54, 1.807) is 6.92 Å². The number of aromatic amines is 1. The van der Waals surface area contributed by atoms with Crippen molar-refractivity contribution < 1.29 is 4.42 Å². The monoisotopic (exact) mass is 198 g/mol. The van der Waals surface area contributed by atoms with Gasteiger partial charge in [-0.2, -0.15) is 0 Å². The Morgan fingerprint density at radius 1 is 1.46 bits per heavy atom. The Hall–Kier alpha value is -1.29. The van der Waals surface area contributed by atoms with Gasteiger partial charge in [-0.1, -0.05) is 11.6 Å². The van der Waals surface area contributed by atoms with E-state index < -0.39 is 5.63 Å². The molecule has 2 aromatic heterocycles. The van der Waals surface area contributed by atoms with E-state index in [4.69, 9.17) is 16.0 Å². The Morgan fingerprint density at radius 3 is 2.85 bits per heavy atom. The molecular formula is C8H7ClN2O2. The molecule has 4 nitrogen and oxygen atoms in total.